The Kier molecular flexibility index (Phi) is 4.72. The Morgan fingerprint density at radius 1 is 1.19 bits per heavy atom. The first kappa shape index (κ1) is 17.5. The zero-order valence-corrected chi connectivity index (χ0v) is 15.8. The Balaban J connectivity index is 1.48. The van der Waals surface area contributed by atoms with Crippen LogP contribution < -0.4 is 0 Å². The monoisotopic (exact) mass is 352 g/mol. The molecule has 2 aromatic rings. The molecule has 4 heteroatoms. The molecule has 0 radical (unpaired) electrons. The molecule has 0 unspecified atom stereocenters. The minimum Gasteiger partial charge on any atom is -0.369 e. The highest BCUT2D eigenvalue weighted by Crippen LogP contribution is 2.37. The highest BCUT2D eigenvalue weighted by Gasteiger charge is 2.44. The van der Waals surface area contributed by atoms with Crippen molar-refractivity contribution in [3.63, 3.8) is 0 Å². The summed E-state index contributed by atoms with van der Waals surface area (Å²) in [6.07, 6.45) is 4.62. The van der Waals surface area contributed by atoms with E-state index in [2.05, 4.69) is 31.1 Å². The highest BCUT2D eigenvalue weighted by molar-refractivity contribution is 5.98. The fourth-order valence-corrected chi connectivity index (χ4v) is 4.48. The summed E-state index contributed by atoms with van der Waals surface area (Å²) in [5, 5.41) is 2.29. The molecule has 2 aromatic carbocycles. The molecule has 2 fully saturated rings. The normalized spacial score (nSPS) is 26.1. The summed E-state index contributed by atoms with van der Waals surface area (Å²) in [6, 6.07) is 14.2. The van der Waals surface area contributed by atoms with E-state index in [9.17, 15) is 4.79 Å². The van der Waals surface area contributed by atoms with Gasteiger partial charge in [0.2, 0.25) is 0 Å². The van der Waals surface area contributed by atoms with Crippen LogP contribution in [0.25, 0.3) is 10.8 Å². The molecule has 1 amide bonds. The third-order valence-electron chi connectivity index (χ3n) is 5.74. The third-order valence-corrected chi connectivity index (χ3v) is 5.74. The summed E-state index contributed by atoms with van der Waals surface area (Å²) < 4.78 is 6.50. The Labute approximate surface area is 155 Å². The van der Waals surface area contributed by atoms with Crippen LogP contribution in [0.4, 0.5) is 0 Å². The second kappa shape index (κ2) is 7.01. The maximum atomic E-state index is 13.0. The Morgan fingerprint density at radius 2 is 2.00 bits per heavy atom. The van der Waals surface area contributed by atoms with Crippen molar-refractivity contribution in [3.8, 4) is 0 Å². The first-order valence-electron chi connectivity index (χ1n) is 9.65. The van der Waals surface area contributed by atoms with Gasteiger partial charge >= 0.3 is 0 Å². The van der Waals surface area contributed by atoms with Crippen LogP contribution in [0.2, 0.25) is 0 Å². The lowest BCUT2D eigenvalue weighted by atomic mass is 9.90. The third kappa shape index (κ3) is 3.49. The fraction of sp³-hybridized carbons (Fsp3) is 0.500. The molecule has 0 N–H and O–H groups in total. The maximum Gasteiger partial charge on any atom is 0.253 e. The van der Waals surface area contributed by atoms with Crippen molar-refractivity contribution in [2.75, 3.05) is 33.7 Å². The van der Waals surface area contributed by atoms with E-state index in [4.69, 9.17) is 4.74 Å². The van der Waals surface area contributed by atoms with Crippen LogP contribution >= 0.6 is 0 Å². The Hall–Kier alpha value is -1.91. The number of benzene rings is 2. The predicted octanol–water partition coefficient (Wildman–Crippen LogP) is 3.56. The number of likely N-dealkylation sites (N-methyl/N-ethyl adjacent to an activating group) is 1. The average Bonchev–Trinajstić information content (AvgIpc) is 3.03. The zero-order valence-electron chi connectivity index (χ0n) is 15.8. The largest absolute Gasteiger partial charge is 0.369 e. The van der Waals surface area contributed by atoms with Gasteiger partial charge in [-0.2, -0.15) is 0 Å². The smallest absolute Gasteiger partial charge is 0.253 e. The van der Waals surface area contributed by atoms with E-state index in [0.717, 1.165) is 49.8 Å². The summed E-state index contributed by atoms with van der Waals surface area (Å²) in [7, 11) is 4.18. The molecule has 2 saturated heterocycles. The molecule has 2 atom stereocenters. The van der Waals surface area contributed by atoms with Crippen molar-refractivity contribution in [2.45, 2.75) is 37.4 Å². The summed E-state index contributed by atoms with van der Waals surface area (Å²) in [5.41, 5.74) is 0.646. The number of hydrogen-bond acceptors (Lipinski definition) is 3. The van der Waals surface area contributed by atoms with E-state index >= 15 is 0 Å². The molecule has 0 aliphatic carbocycles. The number of fused-ring (bicyclic) bond motifs is 1. The predicted molar refractivity (Wildman–Crippen MR) is 104 cm³/mol. The van der Waals surface area contributed by atoms with Crippen LogP contribution in [0, 0.1) is 0 Å². The highest BCUT2D eigenvalue weighted by atomic mass is 16.5. The number of likely N-dealkylation sites (tertiary alicyclic amines) is 1. The summed E-state index contributed by atoms with van der Waals surface area (Å²) in [5.74, 6) is 0.131. The zero-order chi connectivity index (χ0) is 18.1. The van der Waals surface area contributed by atoms with Crippen molar-refractivity contribution < 1.29 is 9.53 Å². The second-order valence-electron chi connectivity index (χ2n) is 8.12. The van der Waals surface area contributed by atoms with E-state index < -0.39 is 0 Å². The van der Waals surface area contributed by atoms with Gasteiger partial charge in [0.15, 0.2) is 0 Å². The van der Waals surface area contributed by atoms with Crippen LogP contribution in [0.3, 0.4) is 0 Å². The fourth-order valence-electron chi connectivity index (χ4n) is 4.48. The van der Waals surface area contributed by atoms with E-state index in [1.54, 1.807) is 0 Å². The number of hydrogen-bond donors (Lipinski definition) is 0. The van der Waals surface area contributed by atoms with Crippen LogP contribution in [-0.4, -0.2) is 61.1 Å². The minimum absolute atomic E-state index is 0.131. The van der Waals surface area contributed by atoms with Gasteiger partial charge in [0, 0.05) is 18.7 Å². The van der Waals surface area contributed by atoms with Crippen molar-refractivity contribution in [2.24, 2.45) is 0 Å². The van der Waals surface area contributed by atoms with Gasteiger partial charge in [0.05, 0.1) is 18.2 Å². The lowest BCUT2D eigenvalue weighted by Crippen LogP contribution is -2.46. The van der Waals surface area contributed by atoms with Crippen molar-refractivity contribution in [1.29, 1.82) is 0 Å². The molecule has 2 aliphatic heterocycles. The standard InChI is InChI=1S/C22H28N2O2/c1-23(2)15-20-8-5-11-22(26-20)12-13-24(16-22)21(25)19-10-9-17-6-3-4-7-18(17)14-19/h3-4,6-7,9-10,14,20H,5,8,11-13,15-16H2,1-2H3/t20-,22-/m1/s1. The van der Waals surface area contributed by atoms with Crippen LogP contribution in [0.5, 0.6) is 0 Å². The van der Waals surface area contributed by atoms with Crippen LogP contribution in [-0.2, 0) is 4.74 Å². The number of ether oxygens (including phenoxy) is 1. The molecule has 4 rings (SSSR count). The molecule has 0 saturated carbocycles. The number of carbonyl (C=O) groups is 1. The van der Waals surface area contributed by atoms with Crippen molar-refractivity contribution >= 4 is 16.7 Å². The van der Waals surface area contributed by atoms with Gasteiger partial charge in [-0.15, -0.1) is 0 Å². The van der Waals surface area contributed by atoms with Gasteiger partial charge < -0.3 is 14.5 Å². The Morgan fingerprint density at radius 3 is 2.81 bits per heavy atom. The summed E-state index contributed by atoms with van der Waals surface area (Å²) in [6.45, 7) is 2.48. The first-order valence-corrected chi connectivity index (χ1v) is 9.65. The molecule has 2 heterocycles. The van der Waals surface area contributed by atoms with E-state index in [1.807, 2.05) is 35.2 Å². The van der Waals surface area contributed by atoms with Crippen molar-refractivity contribution in [3.05, 3.63) is 48.0 Å². The van der Waals surface area contributed by atoms with Gasteiger partial charge in [-0.25, -0.2) is 0 Å². The van der Waals surface area contributed by atoms with Gasteiger partial charge in [0.25, 0.3) is 5.91 Å². The quantitative estimate of drug-likeness (QED) is 0.847. The lowest BCUT2D eigenvalue weighted by Gasteiger charge is -2.39. The van der Waals surface area contributed by atoms with Gasteiger partial charge in [0.1, 0.15) is 0 Å². The van der Waals surface area contributed by atoms with Crippen LogP contribution in [0.1, 0.15) is 36.0 Å². The van der Waals surface area contributed by atoms with E-state index in [-0.39, 0.29) is 17.6 Å². The van der Waals surface area contributed by atoms with Crippen LogP contribution in [0.15, 0.2) is 42.5 Å². The minimum atomic E-state index is -0.133. The summed E-state index contributed by atoms with van der Waals surface area (Å²) in [4.78, 5) is 17.2. The SMILES string of the molecule is CN(C)C[C@H]1CCC[C@]2(CCN(C(=O)c3ccc4ccccc4c3)C2)O1. The van der Waals surface area contributed by atoms with E-state index in [1.165, 1.54) is 11.8 Å². The molecule has 1 spiro atoms. The molecule has 2 aliphatic rings. The second-order valence-corrected chi connectivity index (χ2v) is 8.12. The van der Waals surface area contributed by atoms with Gasteiger partial charge in [-0.3, -0.25) is 4.79 Å². The van der Waals surface area contributed by atoms with E-state index in [0.29, 0.717) is 0 Å². The molecule has 26 heavy (non-hydrogen) atoms. The van der Waals surface area contributed by atoms with Crippen molar-refractivity contribution in [1.82, 2.24) is 9.80 Å². The molecule has 0 bridgehead atoms. The van der Waals surface area contributed by atoms with Gasteiger partial charge in [-0.1, -0.05) is 30.3 Å². The number of carbonyl (C=O) groups excluding carboxylic acids is 1. The first-order chi connectivity index (χ1) is 12.5. The molecule has 0 aromatic heterocycles. The molecule has 138 valence electrons. The molecular weight excluding hydrogens is 324 g/mol. The topological polar surface area (TPSA) is 32.8 Å². The Bertz CT molecular complexity index is 804. The average molecular weight is 352 g/mol. The lowest BCUT2D eigenvalue weighted by molar-refractivity contribution is -0.124. The number of amides is 1. The molecular formula is C22H28N2O2. The molecule has 4 nitrogen and oxygen atoms in total. The number of nitrogens with zero attached hydrogens (tertiary/aromatic N) is 2. The number of rotatable bonds is 3. The van der Waals surface area contributed by atoms with Gasteiger partial charge in [-0.05, 0) is 62.7 Å². The summed E-state index contributed by atoms with van der Waals surface area (Å²) >= 11 is 0. The maximum absolute atomic E-state index is 13.0.